The maximum atomic E-state index is 10.8. The van der Waals surface area contributed by atoms with Gasteiger partial charge in [0.05, 0.1) is 4.92 Å². The number of nitro groups is 1. The van der Waals surface area contributed by atoms with Gasteiger partial charge >= 0.3 is 6.01 Å². The maximum Gasteiger partial charge on any atom is 0.327 e. The smallest absolute Gasteiger partial charge is 0.327 e. The Kier molecular flexibility index (Phi) is 4.13. The van der Waals surface area contributed by atoms with Gasteiger partial charge in [0.2, 0.25) is 10.6 Å². The Morgan fingerprint density at radius 1 is 1.21 bits per heavy atom. The summed E-state index contributed by atoms with van der Waals surface area (Å²) in [5, 5.41) is 10.5. The molecule has 0 N–H and O–H groups in total. The predicted octanol–water partition coefficient (Wildman–Crippen LogP) is 3.64. The molecule has 2 aromatic rings. The lowest BCUT2D eigenvalue weighted by Crippen LogP contribution is -1.97. The molecular formula is C9H3BrCl2N4O3. The summed E-state index contributed by atoms with van der Waals surface area (Å²) < 4.78 is 5.44. The molecular weight excluding hydrogens is 363 g/mol. The van der Waals surface area contributed by atoms with Gasteiger partial charge in [0.15, 0.2) is 5.75 Å². The van der Waals surface area contributed by atoms with E-state index >= 15 is 0 Å². The monoisotopic (exact) mass is 364 g/mol. The van der Waals surface area contributed by atoms with Crippen molar-refractivity contribution in [2.45, 2.75) is 0 Å². The van der Waals surface area contributed by atoms with Gasteiger partial charge in [-0.3, -0.25) is 10.1 Å². The summed E-state index contributed by atoms with van der Waals surface area (Å²) in [6.07, 6.45) is 0. The van der Waals surface area contributed by atoms with Crippen molar-refractivity contribution in [2.24, 2.45) is 0 Å². The van der Waals surface area contributed by atoms with Crippen molar-refractivity contribution in [3.63, 3.8) is 0 Å². The second-order valence-corrected chi connectivity index (χ2v) is 4.57. The summed E-state index contributed by atoms with van der Waals surface area (Å²) in [5.74, 6) is 0.160. The van der Waals surface area contributed by atoms with Crippen molar-refractivity contribution in [1.82, 2.24) is 15.0 Å². The molecule has 0 bridgehead atoms. The van der Waals surface area contributed by atoms with Gasteiger partial charge in [0.1, 0.15) is 4.47 Å². The molecule has 0 radical (unpaired) electrons. The van der Waals surface area contributed by atoms with E-state index in [2.05, 4.69) is 30.9 Å². The first-order valence-corrected chi connectivity index (χ1v) is 6.20. The van der Waals surface area contributed by atoms with Crippen LogP contribution in [-0.4, -0.2) is 19.9 Å². The first kappa shape index (κ1) is 13.9. The molecule has 1 heterocycles. The second-order valence-electron chi connectivity index (χ2n) is 3.10. The normalized spacial score (nSPS) is 10.3. The maximum absolute atomic E-state index is 10.8. The summed E-state index contributed by atoms with van der Waals surface area (Å²) in [7, 11) is 0. The second kappa shape index (κ2) is 5.64. The van der Waals surface area contributed by atoms with Crippen LogP contribution in [0.15, 0.2) is 22.7 Å². The van der Waals surface area contributed by atoms with Gasteiger partial charge in [-0.1, -0.05) is 6.07 Å². The molecule has 10 heteroatoms. The van der Waals surface area contributed by atoms with Gasteiger partial charge < -0.3 is 4.74 Å². The SMILES string of the molecule is O=[N+]([O-])c1cccc(Oc2nc(Cl)nc(Cl)n2)c1Br. The standard InChI is InChI=1S/C9H3BrCl2N4O3/c10-6-4(16(17)18)2-1-3-5(6)19-9-14-7(11)13-8(12)15-9/h1-3H. The molecule has 1 aromatic carbocycles. The number of halogens is 3. The number of aromatic nitrogens is 3. The molecule has 0 saturated carbocycles. The predicted molar refractivity (Wildman–Crippen MR) is 70.7 cm³/mol. The molecule has 7 nitrogen and oxygen atoms in total. The van der Waals surface area contributed by atoms with Crippen LogP contribution in [0.2, 0.25) is 10.6 Å². The first-order chi connectivity index (χ1) is 8.97. The Labute approximate surface area is 124 Å². The highest BCUT2D eigenvalue weighted by molar-refractivity contribution is 9.10. The first-order valence-electron chi connectivity index (χ1n) is 4.65. The van der Waals surface area contributed by atoms with Gasteiger partial charge in [0, 0.05) is 6.07 Å². The van der Waals surface area contributed by atoms with E-state index in [1.807, 2.05) is 0 Å². The summed E-state index contributed by atoms with van der Waals surface area (Å²) in [6.45, 7) is 0. The van der Waals surface area contributed by atoms with Crippen LogP contribution >= 0.6 is 39.1 Å². The summed E-state index contributed by atoms with van der Waals surface area (Å²) >= 11 is 14.3. The van der Waals surface area contributed by atoms with Crippen LogP contribution in [0.1, 0.15) is 0 Å². The largest absolute Gasteiger partial charge is 0.423 e. The van der Waals surface area contributed by atoms with Crippen LogP contribution < -0.4 is 4.74 Å². The fraction of sp³-hybridized carbons (Fsp3) is 0. The highest BCUT2D eigenvalue weighted by Gasteiger charge is 2.17. The number of nitrogens with zero attached hydrogens (tertiary/aromatic N) is 4. The van der Waals surface area contributed by atoms with Gasteiger partial charge in [-0.2, -0.15) is 15.0 Å². The summed E-state index contributed by atoms with van der Waals surface area (Å²) in [5.41, 5.74) is -0.149. The van der Waals surface area contributed by atoms with E-state index < -0.39 is 4.92 Å². The van der Waals surface area contributed by atoms with Gasteiger partial charge in [-0.25, -0.2) is 0 Å². The molecule has 98 valence electrons. The minimum atomic E-state index is -0.551. The molecule has 0 aliphatic rings. The highest BCUT2D eigenvalue weighted by Crippen LogP contribution is 2.35. The molecule has 0 aliphatic carbocycles. The Bertz CT molecular complexity index is 635. The Morgan fingerprint density at radius 3 is 2.42 bits per heavy atom. The molecule has 0 unspecified atom stereocenters. The number of hydrogen-bond acceptors (Lipinski definition) is 6. The van der Waals surface area contributed by atoms with Crippen molar-refractivity contribution in [1.29, 1.82) is 0 Å². The van der Waals surface area contributed by atoms with Crippen LogP contribution in [0.5, 0.6) is 11.8 Å². The fourth-order valence-corrected chi connectivity index (χ4v) is 2.01. The molecule has 0 fully saturated rings. The molecule has 2 rings (SSSR count). The van der Waals surface area contributed by atoms with Gasteiger partial charge in [-0.15, -0.1) is 0 Å². The van der Waals surface area contributed by atoms with Crippen LogP contribution in [0.3, 0.4) is 0 Å². The zero-order valence-electron chi connectivity index (χ0n) is 8.88. The Balaban J connectivity index is 2.38. The van der Waals surface area contributed by atoms with Crippen molar-refractivity contribution >= 4 is 44.8 Å². The van der Waals surface area contributed by atoms with Crippen LogP contribution in [0.25, 0.3) is 0 Å². The lowest BCUT2D eigenvalue weighted by Gasteiger charge is -2.06. The van der Waals surface area contributed by atoms with Gasteiger partial charge in [-0.05, 0) is 45.2 Å². The number of ether oxygens (including phenoxy) is 1. The number of benzene rings is 1. The average molecular weight is 366 g/mol. The number of hydrogen-bond donors (Lipinski definition) is 0. The minimum absolute atomic E-state index is 0.142. The molecule has 0 spiro atoms. The molecule has 0 saturated heterocycles. The minimum Gasteiger partial charge on any atom is -0.423 e. The Hall–Kier alpha value is -1.51. The van der Waals surface area contributed by atoms with Crippen LogP contribution in [0.4, 0.5) is 5.69 Å². The highest BCUT2D eigenvalue weighted by atomic mass is 79.9. The molecule has 0 aliphatic heterocycles. The third-order valence-electron chi connectivity index (χ3n) is 1.90. The third kappa shape index (κ3) is 3.28. The zero-order chi connectivity index (χ0) is 14.0. The van der Waals surface area contributed by atoms with Crippen LogP contribution in [-0.2, 0) is 0 Å². The fourth-order valence-electron chi connectivity index (χ4n) is 1.17. The van der Waals surface area contributed by atoms with E-state index in [1.165, 1.54) is 18.2 Å². The number of nitro benzene ring substituents is 1. The summed E-state index contributed by atoms with van der Waals surface area (Å²) in [4.78, 5) is 21.2. The molecule has 0 atom stereocenters. The topological polar surface area (TPSA) is 91.0 Å². The van der Waals surface area contributed by atoms with Gasteiger partial charge in [0.25, 0.3) is 5.69 Å². The third-order valence-corrected chi connectivity index (χ3v) is 3.04. The Morgan fingerprint density at radius 2 is 1.84 bits per heavy atom. The summed E-state index contributed by atoms with van der Waals surface area (Å²) in [6, 6.07) is 4.13. The van der Waals surface area contributed by atoms with E-state index in [4.69, 9.17) is 27.9 Å². The average Bonchev–Trinajstić information content (AvgIpc) is 2.30. The molecule has 0 amide bonds. The zero-order valence-corrected chi connectivity index (χ0v) is 12.0. The lowest BCUT2D eigenvalue weighted by atomic mass is 10.3. The number of rotatable bonds is 3. The van der Waals surface area contributed by atoms with E-state index in [1.54, 1.807) is 0 Å². The van der Waals surface area contributed by atoms with E-state index in [-0.39, 0.29) is 32.5 Å². The van der Waals surface area contributed by atoms with Crippen molar-refractivity contribution in [2.75, 3.05) is 0 Å². The van der Waals surface area contributed by atoms with Crippen molar-refractivity contribution in [3.05, 3.63) is 43.4 Å². The quantitative estimate of drug-likeness (QED) is 0.609. The molecule has 19 heavy (non-hydrogen) atoms. The lowest BCUT2D eigenvalue weighted by molar-refractivity contribution is -0.385. The molecule has 1 aromatic heterocycles. The van der Waals surface area contributed by atoms with E-state index in [0.717, 1.165) is 0 Å². The van der Waals surface area contributed by atoms with Crippen molar-refractivity contribution < 1.29 is 9.66 Å². The van der Waals surface area contributed by atoms with Crippen LogP contribution in [0, 0.1) is 10.1 Å². The van der Waals surface area contributed by atoms with Crippen molar-refractivity contribution in [3.8, 4) is 11.8 Å². The van der Waals surface area contributed by atoms with E-state index in [9.17, 15) is 10.1 Å². The van der Waals surface area contributed by atoms with E-state index in [0.29, 0.717) is 0 Å².